The molecule has 1 aromatic heterocycles. The summed E-state index contributed by atoms with van der Waals surface area (Å²) in [7, 11) is 2.06. The number of thiazole rings is 1. The predicted molar refractivity (Wildman–Crippen MR) is 80.1 cm³/mol. The molecule has 2 fully saturated rings. The summed E-state index contributed by atoms with van der Waals surface area (Å²) in [6, 6.07) is 0.407. The van der Waals surface area contributed by atoms with E-state index in [1.165, 1.54) is 4.88 Å². The third-order valence-electron chi connectivity index (χ3n) is 4.66. The largest absolute Gasteiger partial charge is 0.381 e. The smallest absolute Gasteiger partial charge is 0.0897 e. The van der Waals surface area contributed by atoms with Crippen LogP contribution in [0, 0.1) is 12.8 Å². The molecule has 2 unspecified atom stereocenters. The van der Waals surface area contributed by atoms with Crippen LogP contribution in [-0.4, -0.2) is 37.5 Å². The number of aryl methyl sites for hydroxylation is 1. The van der Waals surface area contributed by atoms with E-state index in [1.807, 2.05) is 17.5 Å². The molecule has 4 nitrogen and oxygen atoms in total. The zero-order valence-electron chi connectivity index (χ0n) is 12.4. The van der Waals surface area contributed by atoms with Crippen molar-refractivity contribution in [2.75, 3.05) is 26.9 Å². The van der Waals surface area contributed by atoms with Crippen LogP contribution in [0.15, 0.2) is 6.20 Å². The zero-order chi connectivity index (χ0) is 14.0. The van der Waals surface area contributed by atoms with E-state index in [1.54, 1.807) is 0 Å². The predicted octanol–water partition coefficient (Wildman–Crippen LogP) is 2.69. The molecule has 2 saturated heterocycles. The van der Waals surface area contributed by atoms with Crippen molar-refractivity contribution < 1.29 is 9.47 Å². The number of hydrogen-bond donors (Lipinski definition) is 1. The van der Waals surface area contributed by atoms with Gasteiger partial charge in [-0.25, -0.2) is 4.98 Å². The Balaban J connectivity index is 1.74. The number of nitrogens with zero attached hydrogens (tertiary/aromatic N) is 1. The van der Waals surface area contributed by atoms with Crippen molar-refractivity contribution in [1.29, 1.82) is 0 Å². The summed E-state index contributed by atoms with van der Waals surface area (Å²) in [4.78, 5) is 5.77. The van der Waals surface area contributed by atoms with Crippen LogP contribution in [0.1, 0.15) is 41.6 Å². The Labute approximate surface area is 124 Å². The fourth-order valence-electron chi connectivity index (χ4n) is 3.57. The van der Waals surface area contributed by atoms with E-state index in [-0.39, 0.29) is 5.60 Å². The molecule has 3 rings (SSSR count). The highest BCUT2D eigenvalue weighted by Gasteiger charge is 2.41. The molecule has 0 aliphatic carbocycles. The molecule has 20 heavy (non-hydrogen) atoms. The molecular weight excluding hydrogens is 272 g/mol. The highest BCUT2D eigenvalue weighted by Crippen LogP contribution is 2.42. The van der Waals surface area contributed by atoms with E-state index in [2.05, 4.69) is 24.3 Å². The van der Waals surface area contributed by atoms with Gasteiger partial charge in [-0.2, -0.15) is 0 Å². The van der Waals surface area contributed by atoms with Crippen molar-refractivity contribution in [1.82, 2.24) is 10.3 Å². The van der Waals surface area contributed by atoms with Gasteiger partial charge in [-0.15, -0.1) is 11.3 Å². The Hall–Kier alpha value is -0.490. The molecule has 0 radical (unpaired) electrons. The van der Waals surface area contributed by atoms with Gasteiger partial charge in [0.2, 0.25) is 0 Å². The summed E-state index contributed by atoms with van der Waals surface area (Å²) in [6.07, 6.45) is 6.39. The summed E-state index contributed by atoms with van der Waals surface area (Å²) in [5.74, 6) is 0.631. The maximum Gasteiger partial charge on any atom is 0.0897 e. The van der Waals surface area contributed by atoms with Gasteiger partial charge in [0.25, 0.3) is 0 Å². The van der Waals surface area contributed by atoms with Crippen LogP contribution < -0.4 is 5.32 Å². The first-order chi connectivity index (χ1) is 9.72. The topological polar surface area (TPSA) is 43.4 Å². The number of nitrogens with one attached hydrogen (secondary N) is 1. The SMILES string of the molecule is CNC(c1cnc(C)s1)C1CCOC2(CCOCC2)C1. The lowest BCUT2D eigenvalue weighted by Gasteiger charge is -2.45. The van der Waals surface area contributed by atoms with Crippen molar-refractivity contribution >= 4 is 11.3 Å². The Morgan fingerprint density at radius 2 is 2.20 bits per heavy atom. The van der Waals surface area contributed by atoms with E-state index >= 15 is 0 Å². The third kappa shape index (κ3) is 2.91. The molecule has 5 heteroatoms. The van der Waals surface area contributed by atoms with Gasteiger partial charge < -0.3 is 14.8 Å². The fourth-order valence-corrected chi connectivity index (χ4v) is 4.56. The molecule has 2 aliphatic rings. The number of hydrogen-bond acceptors (Lipinski definition) is 5. The van der Waals surface area contributed by atoms with Gasteiger partial charge in [0.1, 0.15) is 0 Å². The van der Waals surface area contributed by atoms with Crippen LogP contribution in [0.2, 0.25) is 0 Å². The fraction of sp³-hybridized carbons (Fsp3) is 0.800. The molecular formula is C15H24N2O2S. The van der Waals surface area contributed by atoms with Crippen LogP contribution in [0.25, 0.3) is 0 Å². The second-order valence-electron chi connectivity index (χ2n) is 5.94. The van der Waals surface area contributed by atoms with Gasteiger partial charge >= 0.3 is 0 Å². The summed E-state index contributed by atoms with van der Waals surface area (Å²) in [6.45, 7) is 4.64. The van der Waals surface area contributed by atoms with Gasteiger partial charge in [0, 0.05) is 36.9 Å². The van der Waals surface area contributed by atoms with Crippen LogP contribution in [0.5, 0.6) is 0 Å². The molecule has 2 aliphatic heterocycles. The summed E-state index contributed by atoms with van der Waals surface area (Å²) in [5.41, 5.74) is 0.0655. The van der Waals surface area contributed by atoms with E-state index < -0.39 is 0 Å². The van der Waals surface area contributed by atoms with Gasteiger partial charge in [0.15, 0.2) is 0 Å². The van der Waals surface area contributed by atoms with Crippen molar-refractivity contribution in [3.05, 3.63) is 16.1 Å². The maximum absolute atomic E-state index is 6.15. The monoisotopic (exact) mass is 296 g/mol. The van der Waals surface area contributed by atoms with Gasteiger partial charge in [0.05, 0.1) is 10.6 Å². The Morgan fingerprint density at radius 3 is 2.85 bits per heavy atom. The highest BCUT2D eigenvalue weighted by atomic mass is 32.1. The quantitative estimate of drug-likeness (QED) is 0.931. The summed E-state index contributed by atoms with van der Waals surface area (Å²) < 4.78 is 11.7. The van der Waals surface area contributed by atoms with E-state index in [4.69, 9.17) is 9.47 Å². The Bertz CT molecular complexity index is 437. The van der Waals surface area contributed by atoms with E-state index in [0.29, 0.717) is 12.0 Å². The first-order valence-corrected chi connectivity index (χ1v) is 8.35. The van der Waals surface area contributed by atoms with Crippen molar-refractivity contribution in [3.8, 4) is 0 Å². The minimum absolute atomic E-state index is 0.0655. The second-order valence-corrected chi connectivity index (χ2v) is 7.21. The normalized spacial score (nSPS) is 27.6. The number of ether oxygens (including phenoxy) is 2. The van der Waals surface area contributed by atoms with E-state index in [0.717, 1.165) is 50.5 Å². The van der Waals surface area contributed by atoms with Crippen molar-refractivity contribution in [2.24, 2.45) is 5.92 Å². The molecule has 0 saturated carbocycles. The minimum atomic E-state index is 0.0655. The van der Waals surface area contributed by atoms with Crippen LogP contribution in [0.4, 0.5) is 0 Å². The second kappa shape index (κ2) is 6.10. The van der Waals surface area contributed by atoms with Crippen LogP contribution in [-0.2, 0) is 9.47 Å². The molecule has 2 atom stereocenters. The maximum atomic E-state index is 6.15. The average Bonchev–Trinajstić information content (AvgIpc) is 2.87. The minimum Gasteiger partial charge on any atom is -0.381 e. The van der Waals surface area contributed by atoms with Gasteiger partial charge in [-0.3, -0.25) is 0 Å². The van der Waals surface area contributed by atoms with Crippen LogP contribution >= 0.6 is 11.3 Å². The molecule has 1 aromatic rings. The van der Waals surface area contributed by atoms with E-state index in [9.17, 15) is 0 Å². The lowest BCUT2D eigenvalue weighted by Crippen LogP contribution is -2.46. The Morgan fingerprint density at radius 1 is 1.40 bits per heavy atom. The molecule has 0 aromatic carbocycles. The number of aromatic nitrogens is 1. The first kappa shape index (κ1) is 14.4. The van der Waals surface area contributed by atoms with Crippen molar-refractivity contribution in [2.45, 2.75) is 44.2 Å². The summed E-state index contributed by atoms with van der Waals surface area (Å²) in [5, 5.41) is 4.65. The first-order valence-electron chi connectivity index (χ1n) is 7.54. The third-order valence-corrected chi connectivity index (χ3v) is 5.66. The lowest BCUT2D eigenvalue weighted by molar-refractivity contribution is -0.150. The molecule has 1 N–H and O–H groups in total. The number of rotatable bonds is 3. The lowest BCUT2D eigenvalue weighted by atomic mass is 9.77. The molecule has 0 bridgehead atoms. The van der Waals surface area contributed by atoms with Crippen LogP contribution in [0.3, 0.4) is 0 Å². The molecule has 1 spiro atoms. The molecule has 3 heterocycles. The molecule has 0 amide bonds. The molecule has 112 valence electrons. The van der Waals surface area contributed by atoms with Crippen molar-refractivity contribution in [3.63, 3.8) is 0 Å². The zero-order valence-corrected chi connectivity index (χ0v) is 13.2. The average molecular weight is 296 g/mol. The highest BCUT2D eigenvalue weighted by molar-refractivity contribution is 7.11. The standard InChI is InChI=1S/C15H24N2O2S/c1-11-17-10-13(20-11)14(16-2)12-3-6-19-15(9-12)4-7-18-8-5-15/h10,12,14,16H,3-9H2,1-2H3. The summed E-state index contributed by atoms with van der Waals surface area (Å²) >= 11 is 1.81. The Kier molecular flexibility index (Phi) is 4.40. The van der Waals surface area contributed by atoms with Gasteiger partial charge in [-0.1, -0.05) is 0 Å². The van der Waals surface area contributed by atoms with Gasteiger partial charge in [-0.05, 0) is 45.6 Å².